The van der Waals surface area contributed by atoms with Crippen molar-refractivity contribution in [1.29, 1.82) is 0 Å². The van der Waals surface area contributed by atoms with Crippen molar-refractivity contribution < 1.29 is 20.1 Å². The van der Waals surface area contributed by atoms with Gasteiger partial charge >= 0.3 is 0 Å². The molecule has 0 aliphatic heterocycles. The van der Waals surface area contributed by atoms with Crippen LogP contribution in [-0.4, -0.2) is 9.38 Å². The Morgan fingerprint density at radius 2 is 1.85 bits per heavy atom. The molecule has 2 aromatic heterocycles. The minimum Gasteiger partial charge on any atom is -0.347 e. The standard InChI is InChI=1S/C17H11N2.Ir/c1-2-6-13(7-3-1)16-12-19-11-10-18-17(19)15-9-5-4-8-14(15)16;/h1-8,10-12H;/q-1;. The molecule has 4 aromatic rings. The number of rotatable bonds is 1. The van der Waals surface area contributed by atoms with Gasteiger partial charge in [-0.15, -0.1) is 29.7 Å². The molecule has 0 aliphatic rings. The zero-order chi connectivity index (χ0) is 12.7. The van der Waals surface area contributed by atoms with Crippen LogP contribution in [0.2, 0.25) is 0 Å². The second kappa shape index (κ2) is 5.20. The Morgan fingerprint density at radius 3 is 2.70 bits per heavy atom. The van der Waals surface area contributed by atoms with Gasteiger partial charge in [0, 0.05) is 32.5 Å². The number of fused-ring (bicyclic) bond motifs is 3. The minimum atomic E-state index is 0. The van der Waals surface area contributed by atoms with Crippen molar-refractivity contribution in [2.24, 2.45) is 0 Å². The molecule has 0 aliphatic carbocycles. The molecule has 0 N–H and O–H groups in total. The van der Waals surface area contributed by atoms with Crippen molar-refractivity contribution in [3.63, 3.8) is 0 Å². The molecule has 3 heteroatoms. The van der Waals surface area contributed by atoms with Gasteiger partial charge in [0.25, 0.3) is 0 Å². The Labute approximate surface area is 130 Å². The number of nitrogens with zero attached hydrogens (tertiary/aromatic N) is 2. The molecule has 2 aromatic carbocycles. The third kappa shape index (κ3) is 1.96. The van der Waals surface area contributed by atoms with Gasteiger partial charge in [0.1, 0.15) is 0 Å². The summed E-state index contributed by atoms with van der Waals surface area (Å²) in [5, 5.41) is 2.25. The molecule has 0 unspecified atom stereocenters. The van der Waals surface area contributed by atoms with E-state index in [1.54, 1.807) is 0 Å². The molecule has 99 valence electrons. The van der Waals surface area contributed by atoms with Crippen molar-refractivity contribution >= 4 is 16.4 Å². The SMILES string of the molecule is [Ir].[c-]1cccc2c(-c3ccccc3)cn3ccnc3c12. The average Bonchev–Trinajstić information content (AvgIpc) is 2.96. The largest absolute Gasteiger partial charge is 0.347 e. The zero-order valence-electron chi connectivity index (χ0n) is 10.6. The van der Waals surface area contributed by atoms with E-state index in [0.29, 0.717) is 0 Å². The summed E-state index contributed by atoms with van der Waals surface area (Å²) >= 11 is 0. The van der Waals surface area contributed by atoms with E-state index in [9.17, 15) is 0 Å². The fraction of sp³-hybridized carbons (Fsp3) is 0. The fourth-order valence-electron chi connectivity index (χ4n) is 2.51. The smallest absolute Gasteiger partial charge is 0.0604 e. The zero-order valence-corrected chi connectivity index (χ0v) is 13.0. The van der Waals surface area contributed by atoms with Crippen molar-refractivity contribution in [3.05, 3.63) is 73.2 Å². The van der Waals surface area contributed by atoms with Gasteiger partial charge in [-0.1, -0.05) is 35.7 Å². The van der Waals surface area contributed by atoms with E-state index >= 15 is 0 Å². The molecule has 1 radical (unpaired) electrons. The van der Waals surface area contributed by atoms with Crippen molar-refractivity contribution in [2.75, 3.05) is 0 Å². The molecule has 0 amide bonds. The van der Waals surface area contributed by atoms with Crippen molar-refractivity contribution in [3.8, 4) is 11.1 Å². The van der Waals surface area contributed by atoms with Crippen LogP contribution in [0, 0.1) is 6.07 Å². The van der Waals surface area contributed by atoms with E-state index in [2.05, 4.69) is 52.0 Å². The molecule has 4 rings (SSSR count). The van der Waals surface area contributed by atoms with Crippen LogP contribution in [0.5, 0.6) is 0 Å². The summed E-state index contributed by atoms with van der Waals surface area (Å²) < 4.78 is 2.06. The Balaban J connectivity index is 0.00000121. The van der Waals surface area contributed by atoms with E-state index in [-0.39, 0.29) is 20.1 Å². The van der Waals surface area contributed by atoms with Gasteiger partial charge < -0.3 is 4.40 Å². The van der Waals surface area contributed by atoms with Gasteiger partial charge in [-0.3, -0.25) is 4.98 Å². The van der Waals surface area contributed by atoms with Crippen LogP contribution in [0.15, 0.2) is 67.1 Å². The summed E-state index contributed by atoms with van der Waals surface area (Å²) in [7, 11) is 0. The van der Waals surface area contributed by atoms with Crippen LogP contribution in [0.25, 0.3) is 27.5 Å². The molecule has 20 heavy (non-hydrogen) atoms. The number of hydrogen-bond acceptors (Lipinski definition) is 1. The molecule has 2 nitrogen and oxygen atoms in total. The van der Waals surface area contributed by atoms with Crippen LogP contribution in [0.3, 0.4) is 0 Å². The van der Waals surface area contributed by atoms with Gasteiger partial charge in [0.15, 0.2) is 0 Å². The summed E-state index contributed by atoms with van der Waals surface area (Å²) in [4.78, 5) is 4.41. The van der Waals surface area contributed by atoms with E-state index in [4.69, 9.17) is 0 Å². The van der Waals surface area contributed by atoms with Crippen molar-refractivity contribution in [2.45, 2.75) is 0 Å². The number of imidazole rings is 1. The number of hydrogen-bond donors (Lipinski definition) is 0. The molecular weight excluding hydrogens is 424 g/mol. The Bertz CT molecular complexity index is 866. The van der Waals surface area contributed by atoms with E-state index in [1.165, 1.54) is 16.5 Å². The first-order valence-electron chi connectivity index (χ1n) is 6.25. The Hall–Kier alpha value is -1.96. The predicted octanol–water partition coefficient (Wildman–Crippen LogP) is 3.95. The minimum absolute atomic E-state index is 0. The average molecular weight is 436 g/mol. The molecule has 0 spiro atoms. The number of pyridine rings is 1. The second-order valence-electron chi connectivity index (χ2n) is 4.53. The van der Waals surface area contributed by atoms with E-state index in [1.807, 2.05) is 30.6 Å². The summed E-state index contributed by atoms with van der Waals surface area (Å²) in [6.45, 7) is 0. The van der Waals surface area contributed by atoms with Crippen LogP contribution in [-0.2, 0) is 20.1 Å². The second-order valence-corrected chi connectivity index (χ2v) is 4.53. The van der Waals surface area contributed by atoms with E-state index < -0.39 is 0 Å². The number of benzene rings is 2. The van der Waals surface area contributed by atoms with Gasteiger partial charge in [0.2, 0.25) is 0 Å². The maximum atomic E-state index is 4.41. The fourth-order valence-corrected chi connectivity index (χ4v) is 2.51. The van der Waals surface area contributed by atoms with Crippen LogP contribution in [0.1, 0.15) is 0 Å². The Morgan fingerprint density at radius 1 is 1.00 bits per heavy atom. The molecule has 2 heterocycles. The third-order valence-corrected chi connectivity index (χ3v) is 3.39. The first-order valence-corrected chi connectivity index (χ1v) is 6.25. The summed E-state index contributed by atoms with van der Waals surface area (Å²) in [6, 6.07) is 19.8. The quantitative estimate of drug-likeness (QED) is 0.414. The molecule has 0 saturated carbocycles. The topological polar surface area (TPSA) is 17.3 Å². The number of aromatic nitrogens is 2. The summed E-state index contributed by atoms with van der Waals surface area (Å²) in [5.74, 6) is 0. The van der Waals surface area contributed by atoms with Gasteiger partial charge in [-0.25, -0.2) is 0 Å². The first kappa shape index (κ1) is 13.0. The first-order chi connectivity index (χ1) is 9.43. The normalized spacial score (nSPS) is 10.6. The van der Waals surface area contributed by atoms with Crippen LogP contribution in [0.4, 0.5) is 0 Å². The van der Waals surface area contributed by atoms with Crippen molar-refractivity contribution in [1.82, 2.24) is 9.38 Å². The monoisotopic (exact) mass is 436 g/mol. The van der Waals surface area contributed by atoms with Gasteiger partial charge in [0.05, 0.1) is 5.65 Å². The predicted molar refractivity (Wildman–Crippen MR) is 77.0 cm³/mol. The maximum absolute atomic E-state index is 4.41. The summed E-state index contributed by atoms with van der Waals surface area (Å²) in [6.07, 6.45) is 5.93. The summed E-state index contributed by atoms with van der Waals surface area (Å²) in [5.41, 5.74) is 3.37. The molecule has 0 atom stereocenters. The van der Waals surface area contributed by atoms with Crippen LogP contribution < -0.4 is 0 Å². The maximum Gasteiger partial charge on any atom is 0.0604 e. The van der Waals surface area contributed by atoms with Gasteiger partial charge in [-0.05, 0) is 17.3 Å². The third-order valence-electron chi connectivity index (χ3n) is 3.39. The molecule has 0 fully saturated rings. The molecule has 0 bridgehead atoms. The van der Waals surface area contributed by atoms with Gasteiger partial charge in [-0.2, -0.15) is 0 Å². The molecule has 0 saturated heterocycles. The Kier molecular flexibility index (Phi) is 3.39. The van der Waals surface area contributed by atoms with Crippen LogP contribution >= 0.6 is 0 Å². The van der Waals surface area contributed by atoms with E-state index in [0.717, 1.165) is 11.0 Å². The molecular formula is C17H11IrN2-.